The Morgan fingerprint density at radius 1 is 0.868 bits per heavy atom. The number of anilines is 1. The van der Waals surface area contributed by atoms with E-state index in [9.17, 15) is 4.79 Å². The van der Waals surface area contributed by atoms with Crippen LogP contribution in [0.2, 0.25) is 0 Å². The summed E-state index contributed by atoms with van der Waals surface area (Å²) in [7, 11) is 0. The molecule has 0 N–H and O–H groups in total. The molecule has 4 aromatic rings. The van der Waals surface area contributed by atoms with E-state index >= 15 is 0 Å². The Labute approximate surface area is 232 Å². The molecule has 0 radical (unpaired) electrons. The number of nitrogens with zero attached hydrogens (tertiary/aromatic N) is 3. The number of Topliss-reactive ketones (excluding diaryl/α,β-unsaturated/α-hetero) is 1. The predicted molar refractivity (Wildman–Crippen MR) is 156 cm³/mol. The maximum Gasteiger partial charge on any atom is 0.196 e. The first kappa shape index (κ1) is 25.7. The first-order chi connectivity index (χ1) is 18.4. The van der Waals surface area contributed by atoms with E-state index in [0.717, 1.165) is 38.2 Å². The number of carbonyl (C=O) groups excluding carboxylic acids is 1. The van der Waals surface area contributed by atoms with E-state index in [-0.39, 0.29) is 11.9 Å². The summed E-state index contributed by atoms with van der Waals surface area (Å²) >= 11 is 3.67. The topological polar surface area (TPSA) is 45.1 Å². The second-order valence-corrected chi connectivity index (χ2v) is 10.5. The van der Waals surface area contributed by atoms with E-state index in [4.69, 9.17) is 9.84 Å². The summed E-state index contributed by atoms with van der Waals surface area (Å²) in [6, 6.07) is 32.6. The number of hydrogen-bond donors (Lipinski definition) is 0. The number of hydrazone groups is 1. The van der Waals surface area contributed by atoms with Crippen molar-refractivity contribution >= 4 is 33.2 Å². The summed E-state index contributed by atoms with van der Waals surface area (Å²) in [5, 5.41) is 6.86. The molecular weight excluding hydrogens is 538 g/mol. The van der Waals surface area contributed by atoms with Crippen molar-refractivity contribution in [3.63, 3.8) is 0 Å². The third-order valence-electron chi connectivity index (χ3n) is 6.75. The van der Waals surface area contributed by atoms with Crippen LogP contribution in [0.25, 0.3) is 0 Å². The molecule has 0 bridgehead atoms. The minimum Gasteiger partial charge on any atom is -0.488 e. The molecule has 5 nitrogen and oxygen atoms in total. The molecule has 0 aromatic heterocycles. The van der Waals surface area contributed by atoms with Gasteiger partial charge < -0.3 is 9.64 Å². The van der Waals surface area contributed by atoms with E-state index in [2.05, 4.69) is 71.1 Å². The molecule has 38 heavy (non-hydrogen) atoms. The fourth-order valence-corrected chi connectivity index (χ4v) is 5.01. The summed E-state index contributed by atoms with van der Waals surface area (Å²) < 4.78 is 7.33. The van der Waals surface area contributed by atoms with Gasteiger partial charge in [-0.05, 0) is 66.4 Å². The number of ether oxygens (including phenoxy) is 1. The third kappa shape index (κ3) is 5.50. The minimum atomic E-state index is -0.389. The van der Waals surface area contributed by atoms with Gasteiger partial charge >= 0.3 is 0 Å². The molecule has 4 aromatic carbocycles. The smallest absolute Gasteiger partial charge is 0.196 e. The van der Waals surface area contributed by atoms with Crippen LogP contribution < -0.4 is 9.75 Å². The van der Waals surface area contributed by atoms with Crippen LogP contribution >= 0.6 is 15.9 Å². The molecule has 0 saturated heterocycles. The van der Waals surface area contributed by atoms with Gasteiger partial charge in [0, 0.05) is 23.5 Å². The van der Waals surface area contributed by atoms with Crippen LogP contribution in [0.4, 0.5) is 5.69 Å². The second kappa shape index (κ2) is 11.2. The van der Waals surface area contributed by atoms with Crippen LogP contribution in [0.3, 0.4) is 0 Å². The van der Waals surface area contributed by atoms with Crippen molar-refractivity contribution in [3.8, 4) is 5.75 Å². The van der Waals surface area contributed by atoms with Crippen molar-refractivity contribution in [2.75, 3.05) is 5.01 Å². The van der Waals surface area contributed by atoms with Crippen LogP contribution in [0.15, 0.2) is 107 Å². The van der Waals surface area contributed by atoms with E-state index in [1.165, 1.54) is 5.56 Å². The molecule has 0 unspecified atom stereocenters. The van der Waals surface area contributed by atoms with Gasteiger partial charge in [-0.2, -0.15) is 0 Å². The lowest BCUT2D eigenvalue weighted by atomic mass is 10.1. The minimum absolute atomic E-state index is 0.0842. The average molecular weight is 569 g/mol. The number of aryl methyl sites for hydroxylation is 2. The third-order valence-corrected chi connectivity index (χ3v) is 7.25. The second-order valence-electron chi connectivity index (χ2n) is 9.54. The van der Waals surface area contributed by atoms with Gasteiger partial charge in [0.2, 0.25) is 0 Å². The fourth-order valence-electron chi connectivity index (χ4n) is 4.63. The van der Waals surface area contributed by atoms with Crippen molar-refractivity contribution in [1.29, 1.82) is 0 Å². The Hall–Kier alpha value is -3.90. The highest BCUT2D eigenvalue weighted by molar-refractivity contribution is 9.10. The van der Waals surface area contributed by atoms with Crippen molar-refractivity contribution in [2.45, 2.75) is 40.1 Å². The molecule has 1 heterocycles. The normalized spacial score (nSPS) is 14.9. The largest absolute Gasteiger partial charge is 0.488 e. The van der Waals surface area contributed by atoms with E-state index in [0.29, 0.717) is 19.0 Å². The Morgan fingerprint density at radius 2 is 1.55 bits per heavy atom. The molecule has 0 aliphatic carbocycles. The summed E-state index contributed by atoms with van der Waals surface area (Å²) in [6.07, 6.45) is -0.389. The van der Waals surface area contributed by atoms with Crippen LogP contribution in [0.5, 0.6) is 5.75 Å². The van der Waals surface area contributed by atoms with Gasteiger partial charge in [0.05, 0.1) is 5.69 Å². The lowest BCUT2D eigenvalue weighted by molar-refractivity contribution is -0.111. The number of carbonyl (C=O) groups is 1. The highest BCUT2D eigenvalue weighted by Gasteiger charge is 2.40. The van der Waals surface area contributed by atoms with E-state index in [1.807, 2.05) is 65.7 Å². The van der Waals surface area contributed by atoms with Crippen LogP contribution in [-0.2, 0) is 17.9 Å². The first-order valence-electron chi connectivity index (χ1n) is 12.6. The van der Waals surface area contributed by atoms with Crippen LogP contribution in [0.1, 0.15) is 40.9 Å². The fraction of sp³-hybridized carbons (Fsp3) is 0.188. The summed E-state index contributed by atoms with van der Waals surface area (Å²) in [6.45, 7) is 6.72. The van der Waals surface area contributed by atoms with Crippen molar-refractivity contribution < 1.29 is 9.53 Å². The molecule has 1 atom stereocenters. The molecule has 1 aliphatic rings. The highest BCUT2D eigenvalue weighted by atomic mass is 79.9. The molecule has 192 valence electrons. The molecule has 0 fully saturated rings. The van der Waals surface area contributed by atoms with Gasteiger partial charge in [-0.25, -0.2) is 5.01 Å². The Morgan fingerprint density at radius 3 is 2.21 bits per heavy atom. The molecule has 0 spiro atoms. The van der Waals surface area contributed by atoms with E-state index in [1.54, 1.807) is 6.92 Å². The Balaban J connectivity index is 1.62. The number of hydrogen-bond acceptors (Lipinski definition) is 5. The lowest BCUT2D eigenvalue weighted by Crippen LogP contribution is -2.37. The molecular formula is C32H30BrN3O2. The van der Waals surface area contributed by atoms with Gasteiger partial charge in [-0.1, -0.05) is 82.7 Å². The van der Waals surface area contributed by atoms with Gasteiger partial charge in [0.25, 0.3) is 0 Å². The summed E-state index contributed by atoms with van der Waals surface area (Å²) in [5.74, 6) is 1.08. The average Bonchev–Trinajstić information content (AvgIpc) is 3.30. The lowest BCUT2D eigenvalue weighted by Gasteiger charge is -2.33. The van der Waals surface area contributed by atoms with Gasteiger partial charge in [0.1, 0.15) is 12.4 Å². The zero-order valence-electron chi connectivity index (χ0n) is 21.8. The number of ketones is 1. The SMILES string of the molecule is CC(=O)C1=NN(c2ccc(C)c(C)c2)[C@H](c2cc(Br)ccc2OCc2ccccc2)N1Cc1ccccc1. The zero-order chi connectivity index (χ0) is 26.6. The predicted octanol–water partition coefficient (Wildman–Crippen LogP) is 7.57. The number of rotatable bonds is 8. The maximum absolute atomic E-state index is 12.9. The maximum atomic E-state index is 12.9. The molecule has 6 heteroatoms. The van der Waals surface area contributed by atoms with E-state index < -0.39 is 0 Å². The molecule has 0 amide bonds. The van der Waals surface area contributed by atoms with Crippen molar-refractivity contribution in [1.82, 2.24) is 4.90 Å². The van der Waals surface area contributed by atoms with Crippen LogP contribution in [0, 0.1) is 13.8 Å². The van der Waals surface area contributed by atoms with Gasteiger partial charge in [0.15, 0.2) is 17.8 Å². The highest BCUT2D eigenvalue weighted by Crippen LogP contribution is 2.42. The summed E-state index contributed by atoms with van der Waals surface area (Å²) in [4.78, 5) is 15.0. The monoisotopic (exact) mass is 567 g/mol. The standard InChI is InChI=1S/C32H30BrN3O2/c1-22-14-16-28(18-23(22)2)36-32(35(31(34-36)24(3)37)20-25-10-6-4-7-11-25)29-19-27(33)15-17-30(29)38-21-26-12-8-5-9-13-26/h4-19,32H,20-21H2,1-3H3/t32-/m1/s1. The number of amidine groups is 1. The van der Waals surface area contributed by atoms with Gasteiger partial charge in [-0.15, -0.1) is 5.10 Å². The Kier molecular flexibility index (Phi) is 7.61. The Bertz CT molecular complexity index is 1470. The number of halogens is 1. The first-order valence-corrected chi connectivity index (χ1v) is 13.4. The van der Waals surface area contributed by atoms with Crippen LogP contribution in [-0.4, -0.2) is 16.5 Å². The molecule has 5 rings (SSSR count). The van der Waals surface area contributed by atoms with Crippen molar-refractivity contribution in [2.24, 2.45) is 5.10 Å². The zero-order valence-corrected chi connectivity index (χ0v) is 23.4. The van der Waals surface area contributed by atoms with Gasteiger partial charge in [-0.3, -0.25) is 4.79 Å². The summed E-state index contributed by atoms with van der Waals surface area (Å²) in [5.41, 5.74) is 6.38. The van der Waals surface area contributed by atoms with Crippen molar-refractivity contribution in [3.05, 3.63) is 129 Å². The quantitative estimate of drug-likeness (QED) is 0.220. The molecule has 0 saturated carbocycles. The number of benzene rings is 4. The molecule has 1 aliphatic heterocycles.